The van der Waals surface area contributed by atoms with Gasteiger partial charge in [0.25, 0.3) is 0 Å². The first-order valence-electron chi connectivity index (χ1n) is 29.2. The Labute approximate surface area is 409 Å². The van der Waals surface area contributed by atoms with Gasteiger partial charge in [-0.3, -0.25) is 0 Å². The number of unbranched alkanes of at least 4 members (excludes halogenated alkanes) is 12. The largest absolute Gasteiger partial charge is 0.393 e. The number of rotatable bonds is 48. The zero-order valence-electron chi connectivity index (χ0n) is 46.8. The molecule has 2 N–H and O–H groups in total. The molecule has 0 aliphatic carbocycles. The zero-order chi connectivity index (χ0) is 48.8. The number of aliphatic hydroxyl groups is 2. The first-order valence-corrected chi connectivity index (χ1v) is 29.2. The molecule has 0 aromatic heterocycles. The Morgan fingerprint density at radius 3 is 0.800 bits per heavy atom. The average molecular weight is 924 g/mol. The molecule has 14 unspecified atom stereocenters. The zero-order valence-corrected chi connectivity index (χ0v) is 46.8. The predicted molar refractivity (Wildman–Crippen MR) is 285 cm³/mol. The molecule has 0 aliphatic heterocycles. The number of hydrogen-bond donors (Lipinski definition) is 2. The van der Waals surface area contributed by atoms with E-state index in [0.29, 0.717) is 23.7 Å². The summed E-state index contributed by atoms with van der Waals surface area (Å²) in [5, 5.41) is 19.6. The van der Waals surface area contributed by atoms with Crippen molar-refractivity contribution in [1.82, 2.24) is 0 Å². The van der Waals surface area contributed by atoms with Crippen molar-refractivity contribution >= 4 is 0 Å². The highest BCUT2D eigenvalue weighted by atomic mass is 16.8. The van der Waals surface area contributed by atoms with Crippen molar-refractivity contribution in [3.05, 3.63) is 0 Å². The standard InChI is InChI=1S/C60H122O5/c1-15-17-19-21-23-25-27-35-63-59(33-29-31-47(3)37-49(5)39-51(7)41-53(9)43-55(11)45-57(13)61)65-60(64-36-28-26-24-22-20-18-16-2)34-30-32-48(4)38-50(6)40-52(8)42-54(10)44-56(12)46-58(14)62/h47-62H,15-46H2,1-14H3. The predicted octanol–water partition coefficient (Wildman–Crippen LogP) is 18.6. The summed E-state index contributed by atoms with van der Waals surface area (Å²) < 4.78 is 20.2. The second-order valence-corrected chi connectivity index (χ2v) is 23.9. The van der Waals surface area contributed by atoms with Gasteiger partial charge in [0.05, 0.1) is 12.2 Å². The van der Waals surface area contributed by atoms with Crippen LogP contribution in [-0.4, -0.2) is 48.2 Å². The second-order valence-electron chi connectivity index (χ2n) is 23.9. The Balaban J connectivity index is 5.38. The fraction of sp³-hybridized carbons (Fsp3) is 1.00. The summed E-state index contributed by atoms with van der Waals surface area (Å²) in [4.78, 5) is 0. The Hall–Kier alpha value is -0.200. The van der Waals surface area contributed by atoms with Crippen molar-refractivity contribution in [2.45, 2.75) is 314 Å². The maximum atomic E-state index is 9.82. The lowest BCUT2D eigenvalue weighted by atomic mass is 9.82. The van der Waals surface area contributed by atoms with Gasteiger partial charge in [0.1, 0.15) is 0 Å². The molecular weight excluding hydrogens is 801 g/mol. The first kappa shape index (κ1) is 64.8. The third kappa shape index (κ3) is 42.4. The minimum absolute atomic E-state index is 0.187. The molecule has 0 radical (unpaired) electrons. The molecule has 0 fully saturated rings. The monoisotopic (exact) mass is 923 g/mol. The molecule has 0 spiro atoms. The second kappa shape index (κ2) is 42.7. The van der Waals surface area contributed by atoms with Crippen LogP contribution in [0.4, 0.5) is 0 Å². The van der Waals surface area contributed by atoms with Crippen LogP contribution in [0.2, 0.25) is 0 Å². The van der Waals surface area contributed by atoms with E-state index in [-0.39, 0.29) is 24.8 Å². The molecule has 0 bridgehead atoms. The van der Waals surface area contributed by atoms with E-state index in [1.165, 1.54) is 141 Å². The topological polar surface area (TPSA) is 68.2 Å². The molecular formula is C60H122O5. The number of aliphatic hydroxyl groups excluding tert-OH is 2. The van der Waals surface area contributed by atoms with Crippen LogP contribution in [-0.2, 0) is 14.2 Å². The van der Waals surface area contributed by atoms with Crippen molar-refractivity contribution in [1.29, 1.82) is 0 Å². The smallest absolute Gasteiger partial charge is 0.160 e. The lowest BCUT2D eigenvalue weighted by Crippen LogP contribution is -2.28. The van der Waals surface area contributed by atoms with Gasteiger partial charge in [-0.05, 0) is 176 Å². The van der Waals surface area contributed by atoms with Crippen molar-refractivity contribution in [3.8, 4) is 0 Å². The highest BCUT2D eigenvalue weighted by Crippen LogP contribution is 2.31. The summed E-state index contributed by atoms with van der Waals surface area (Å²) in [6.45, 7) is 34.3. The molecule has 0 saturated carbocycles. The number of ether oxygens (including phenoxy) is 3. The Kier molecular flexibility index (Phi) is 42.5. The van der Waals surface area contributed by atoms with Crippen molar-refractivity contribution in [3.63, 3.8) is 0 Å². The molecule has 14 atom stereocenters. The lowest BCUT2D eigenvalue weighted by Gasteiger charge is -2.27. The summed E-state index contributed by atoms with van der Waals surface area (Å²) in [7, 11) is 0. The van der Waals surface area contributed by atoms with Crippen LogP contribution in [0, 0.1) is 59.2 Å². The fourth-order valence-corrected chi connectivity index (χ4v) is 12.0. The molecule has 65 heavy (non-hydrogen) atoms. The van der Waals surface area contributed by atoms with Crippen LogP contribution in [0.1, 0.15) is 290 Å². The van der Waals surface area contributed by atoms with E-state index in [4.69, 9.17) is 14.2 Å². The summed E-state index contributed by atoms with van der Waals surface area (Å²) >= 11 is 0. The van der Waals surface area contributed by atoms with Gasteiger partial charge < -0.3 is 24.4 Å². The minimum Gasteiger partial charge on any atom is -0.393 e. The van der Waals surface area contributed by atoms with Crippen molar-refractivity contribution in [2.24, 2.45) is 59.2 Å². The van der Waals surface area contributed by atoms with Gasteiger partial charge in [-0.1, -0.05) is 173 Å². The average Bonchev–Trinajstić information content (AvgIpc) is 3.18. The number of hydrogen-bond acceptors (Lipinski definition) is 5. The van der Waals surface area contributed by atoms with Crippen LogP contribution >= 0.6 is 0 Å². The van der Waals surface area contributed by atoms with E-state index < -0.39 is 0 Å². The summed E-state index contributed by atoms with van der Waals surface area (Å²) in [6.07, 6.45) is 36.1. The molecule has 0 aromatic carbocycles. The molecule has 0 aliphatic rings. The third-order valence-electron chi connectivity index (χ3n) is 14.6. The molecule has 0 aromatic rings. The van der Waals surface area contributed by atoms with Gasteiger partial charge in [-0.25, -0.2) is 0 Å². The first-order chi connectivity index (χ1) is 30.9. The third-order valence-corrected chi connectivity index (χ3v) is 14.6. The Bertz CT molecular complexity index is 911. The molecule has 5 heteroatoms. The van der Waals surface area contributed by atoms with Gasteiger partial charge in [0.15, 0.2) is 12.6 Å². The lowest BCUT2D eigenvalue weighted by molar-refractivity contribution is -0.250. The Morgan fingerprint density at radius 1 is 0.277 bits per heavy atom. The van der Waals surface area contributed by atoms with Gasteiger partial charge in [-0.15, -0.1) is 0 Å². The van der Waals surface area contributed by atoms with Crippen LogP contribution in [0.15, 0.2) is 0 Å². The van der Waals surface area contributed by atoms with E-state index in [1.807, 2.05) is 13.8 Å². The minimum atomic E-state index is -0.190. The van der Waals surface area contributed by atoms with Crippen LogP contribution in [0.5, 0.6) is 0 Å². The normalized spacial score (nSPS) is 18.8. The van der Waals surface area contributed by atoms with E-state index in [0.717, 1.165) is 100 Å². The van der Waals surface area contributed by atoms with E-state index >= 15 is 0 Å². The SMILES string of the molecule is CCCCCCCCCOC(CCCC(C)CC(C)CC(C)CC(C)CC(C)CC(C)O)OC(CCCC(C)CC(C)CC(C)CC(C)CC(C)CC(C)O)OCCCCCCCCC. The maximum Gasteiger partial charge on any atom is 0.160 e. The highest BCUT2D eigenvalue weighted by molar-refractivity contribution is 4.71. The molecule has 0 rings (SSSR count). The van der Waals surface area contributed by atoms with Crippen LogP contribution < -0.4 is 0 Å². The molecule has 0 heterocycles. The quantitative estimate of drug-likeness (QED) is 0.0470. The fourth-order valence-electron chi connectivity index (χ4n) is 12.0. The van der Waals surface area contributed by atoms with Gasteiger partial charge in [0, 0.05) is 13.2 Å². The molecule has 392 valence electrons. The molecule has 5 nitrogen and oxygen atoms in total. The van der Waals surface area contributed by atoms with E-state index in [2.05, 4.69) is 83.1 Å². The summed E-state index contributed by atoms with van der Waals surface area (Å²) in [5.41, 5.74) is 0. The summed E-state index contributed by atoms with van der Waals surface area (Å²) in [5.74, 6) is 7.01. The van der Waals surface area contributed by atoms with Crippen molar-refractivity contribution < 1.29 is 24.4 Å². The van der Waals surface area contributed by atoms with E-state index in [9.17, 15) is 10.2 Å². The Morgan fingerprint density at radius 2 is 0.523 bits per heavy atom. The maximum absolute atomic E-state index is 9.82. The van der Waals surface area contributed by atoms with Crippen LogP contribution in [0.3, 0.4) is 0 Å². The van der Waals surface area contributed by atoms with Crippen molar-refractivity contribution in [2.75, 3.05) is 13.2 Å². The van der Waals surface area contributed by atoms with Gasteiger partial charge in [0.2, 0.25) is 0 Å². The van der Waals surface area contributed by atoms with Crippen LogP contribution in [0.25, 0.3) is 0 Å². The summed E-state index contributed by atoms with van der Waals surface area (Å²) in [6, 6.07) is 0. The van der Waals surface area contributed by atoms with E-state index in [1.54, 1.807) is 0 Å². The molecule has 0 saturated heterocycles. The van der Waals surface area contributed by atoms with Gasteiger partial charge in [-0.2, -0.15) is 0 Å². The highest BCUT2D eigenvalue weighted by Gasteiger charge is 2.22. The van der Waals surface area contributed by atoms with Gasteiger partial charge >= 0.3 is 0 Å². The molecule has 0 amide bonds.